The van der Waals surface area contributed by atoms with Gasteiger partial charge in [0.1, 0.15) is 0 Å². The molecule has 0 fully saturated rings. The summed E-state index contributed by atoms with van der Waals surface area (Å²) in [5, 5.41) is 2.23. The van der Waals surface area contributed by atoms with E-state index in [0.717, 1.165) is 12.3 Å². The Hall–Kier alpha value is -0.0500. The minimum atomic E-state index is 0.617. The summed E-state index contributed by atoms with van der Waals surface area (Å²) in [7, 11) is 0. The summed E-state index contributed by atoms with van der Waals surface area (Å²) in [6.07, 6.45) is 4.96. The largest absolute Gasteiger partial charge is 0.296 e. The number of halogens is 1. The predicted octanol–water partition coefficient (Wildman–Crippen LogP) is 4.08. The van der Waals surface area contributed by atoms with Gasteiger partial charge in [0.15, 0.2) is 0 Å². The minimum absolute atomic E-state index is 0.617. The molecule has 1 atom stereocenters. The predicted molar refractivity (Wildman–Crippen MR) is 72.6 cm³/mol. The maximum Gasteiger partial charge on any atom is 0.0331 e. The second-order valence-electron chi connectivity index (χ2n) is 4.51. The third kappa shape index (κ3) is 2.79. The van der Waals surface area contributed by atoms with Gasteiger partial charge in [-0.15, -0.1) is 22.9 Å². The van der Waals surface area contributed by atoms with Crippen molar-refractivity contribution in [1.29, 1.82) is 0 Å². The second kappa shape index (κ2) is 6.04. The van der Waals surface area contributed by atoms with Gasteiger partial charge < -0.3 is 0 Å². The summed E-state index contributed by atoms with van der Waals surface area (Å²) in [4.78, 5) is 4.22. The molecule has 2 rings (SSSR count). The van der Waals surface area contributed by atoms with E-state index in [1.807, 2.05) is 11.3 Å². The van der Waals surface area contributed by atoms with Crippen molar-refractivity contribution in [2.45, 2.75) is 38.6 Å². The molecule has 3 heteroatoms. The lowest BCUT2D eigenvalue weighted by molar-refractivity contribution is 0.196. The van der Waals surface area contributed by atoms with Crippen molar-refractivity contribution in [1.82, 2.24) is 4.90 Å². The zero-order chi connectivity index (χ0) is 11.4. The van der Waals surface area contributed by atoms with Gasteiger partial charge in [0, 0.05) is 23.3 Å². The van der Waals surface area contributed by atoms with E-state index in [9.17, 15) is 0 Å². The number of rotatable bonds is 5. The molecule has 90 valence electrons. The Morgan fingerprint density at radius 1 is 1.44 bits per heavy atom. The molecule has 16 heavy (non-hydrogen) atoms. The van der Waals surface area contributed by atoms with Crippen molar-refractivity contribution in [3.8, 4) is 0 Å². The van der Waals surface area contributed by atoms with Gasteiger partial charge in [-0.05, 0) is 49.7 Å². The smallest absolute Gasteiger partial charge is 0.0331 e. The normalized spacial score (nSPS) is 21.0. The molecule has 1 aromatic rings. The highest BCUT2D eigenvalue weighted by molar-refractivity contribution is 7.10. The van der Waals surface area contributed by atoms with Gasteiger partial charge in [-0.1, -0.05) is 6.42 Å². The summed E-state index contributed by atoms with van der Waals surface area (Å²) in [5.41, 5.74) is 1.56. The van der Waals surface area contributed by atoms with Crippen molar-refractivity contribution < 1.29 is 0 Å². The molecule has 1 aromatic heterocycles. The van der Waals surface area contributed by atoms with Crippen LogP contribution in [0.1, 0.15) is 42.7 Å². The molecule has 0 N–H and O–H groups in total. The molecule has 0 spiro atoms. The summed E-state index contributed by atoms with van der Waals surface area (Å²) in [5.74, 6) is 0.810. The number of unbranched alkanes of at least 4 members (excludes halogenated alkanes) is 2. The SMILES string of the molecule is CC1c2ccsc2CCN1CCCCCCl. The molecule has 0 saturated carbocycles. The van der Waals surface area contributed by atoms with Crippen molar-refractivity contribution in [3.05, 3.63) is 21.9 Å². The van der Waals surface area contributed by atoms with Crippen LogP contribution in [-0.4, -0.2) is 23.9 Å². The lowest BCUT2D eigenvalue weighted by Crippen LogP contribution is -2.33. The average Bonchev–Trinajstić information content (AvgIpc) is 2.76. The van der Waals surface area contributed by atoms with E-state index in [1.165, 1.54) is 32.4 Å². The van der Waals surface area contributed by atoms with Gasteiger partial charge in [-0.25, -0.2) is 0 Å². The number of fused-ring (bicyclic) bond motifs is 1. The first-order valence-electron chi connectivity index (χ1n) is 6.19. The van der Waals surface area contributed by atoms with Crippen LogP contribution in [0.25, 0.3) is 0 Å². The van der Waals surface area contributed by atoms with Crippen molar-refractivity contribution in [2.75, 3.05) is 19.0 Å². The van der Waals surface area contributed by atoms with Gasteiger partial charge >= 0.3 is 0 Å². The van der Waals surface area contributed by atoms with Crippen LogP contribution in [0.15, 0.2) is 11.4 Å². The molecule has 1 aliphatic rings. The second-order valence-corrected chi connectivity index (χ2v) is 5.89. The Kier molecular flexibility index (Phi) is 4.68. The zero-order valence-electron chi connectivity index (χ0n) is 9.92. The highest BCUT2D eigenvalue weighted by Gasteiger charge is 2.23. The minimum Gasteiger partial charge on any atom is -0.296 e. The molecule has 0 aromatic carbocycles. The molecule has 0 amide bonds. The van der Waals surface area contributed by atoms with Gasteiger partial charge in [-0.2, -0.15) is 0 Å². The Morgan fingerprint density at radius 2 is 2.31 bits per heavy atom. The number of nitrogens with zero attached hydrogens (tertiary/aromatic N) is 1. The van der Waals surface area contributed by atoms with Crippen molar-refractivity contribution in [3.63, 3.8) is 0 Å². The molecule has 0 aliphatic carbocycles. The molecule has 0 bridgehead atoms. The van der Waals surface area contributed by atoms with Crippen LogP contribution in [0.3, 0.4) is 0 Å². The highest BCUT2D eigenvalue weighted by Crippen LogP contribution is 2.32. The number of thiophene rings is 1. The highest BCUT2D eigenvalue weighted by atomic mass is 35.5. The Labute approximate surface area is 107 Å². The van der Waals surface area contributed by atoms with E-state index in [2.05, 4.69) is 23.3 Å². The quantitative estimate of drug-likeness (QED) is 0.568. The van der Waals surface area contributed by atoms with E-state index in [4.69, 9.17) is 11.6 Å². The number of hydrogen-bond donors (Lipinski definition) is 0. The van der Waals surface area contributed by atoms with E-state index >= 15 is 0 Å². The van der Waals surface area contributed by atoms with E-state index < -0.39 is 0 Å². The molecular weight excluding hydrogens is 238 g/mol. The summed E-state index contributed by atoms with van der Waals surface area (Å²) < 4.78 is 0. The first-order valence-corrected chi connectivity index (χ1v) is 7.60. The van der Waals surface area contributed by atoms with Crippen LogP contribution >= 0.6 is 22.9 Å². The summed E-state index contributed by atoms with van der Waals surface area (Å²) >= 11 is 7.61. The van der Waals surface area contributed by atoms with Gasteiger partial charge in [0.2, 0.25) is 0 Å². The molecule has 0 saturated heterocycles. The fraction of sp³-hybridized carbons (Fsp3) is 0.692. The third-order valence-corrected chi connectivity index (χ3v) is 4.75. The zero-order valence-corrected chi connectivity index (χ0v) is 11.5. The van der Waals surface area contributed by atoms with Crippen LogP contribution in [-0.2, 0) is 6.42 Å². The van der Waals surface area contributed by atoms with E-state index in [0.29, 0.717) is 6.04 Å². The number of hydrogen-bond acceptors (Lipinski definition) is 2. The molecule has 0 radical (unpaired) electrons. The maximum absolute atomic E-state index is 5.69. The van der Waals surface area contributed by atoms with E-state index in [1.54, 1.807) is 10.4 Å². The van der Waals surface area contributed by atoms with Gasteiger partial charge in [-0.3, -0.25) is 4.90 Å². The van der Waals surface area contributed by atoms with Crippen LogP contribution in [0, 0.1) is 0 Å². The fourth-order valence-electron chi connectivity index (χ4n) is 2.45. The Bertz CT molecular complexity index is 323. The van der Waals surface area contributed by atoms with Crippen molar-refractivity contribution >= 4 is 22.9 Å². The fourth-order valence-corrected chi connectivity index (χ4v) is 3.60. The van der Waals surface area contributed by atoms with E-state index in [-0.39, 0.29) is 0 Å². The Balaban J connectivity index is 1.84. The Morgan fingerprint density at radius 3 is 3.12 bits per heavy atom. The van der Waals surface area contributed by atoms with Crippen molar-refractivity contribution in [2.24, 2.45) is 0 Å². The summed E-state index contributed by atoms with van der Waals surface area (Å²) in [6, 6.07) is 2.92. The topological polar surface area (TPSA) is 3.24 Å². The van der Waals surface area contributed by atoms with Gasteiger partial charge in [0.25, 0.3) is 0 Å². The summed E-state index contributed by atoms with van der Waals surface area (Å²) in [6.45, 7) is 4.80. The first-order chi connectivity index (χ1) is 7.83. The molecule has 1 aliphatic heterocycles. The molecule has 2 heterocycles. The lowest BCUT2D eigenvalue weighted by atomic mass is 10.0. The molecule has 1 unspecified atom stereocenters. The van der Waals surface area contributed by atoms with Gasteiger partial charge in [0.05, 0.1) is 0 Å². The lowest BCUT2D eigenvalue weighted by Gasteiger charge is -2.33. The molecular formula is C13H20ClNS. The monoisotopic (exact) mass is 257 g/mol. The van der Waals surface area contributed by atoms with Crippen LogP contribution in [0.4, 0.5) is 0 Å². The van der Waals surface area contributed by atoms with Crippen LogP contribution in [0.5, 0.6) is 0 Å². The standard InChI is InChI=1S/C13H20ClNS/c1-11-12-6-10-16-13(12)5-9-15(11)8-4-2-3-7-14/h6,10-11H,2-5,7-9H2,1H3. The third-order valence-electron chi connectivity index (χ3n) is 3.48. The average molecular weight is 258 g/mol. The first kappa shape index (κ1) is 12.4. The van der Waals surface area contributed by atoms with Crippen LogP contribution < -0.4 is 0 Å². The van der Waals surface area contributed by atoms with Crippen LogP contribution in [0.2, 0.25) is 0 Å². The number of alkyl halides is 1. The maximum atomic E-state index is 5.69. The molecule has 1 nitrogen and oxygen atoms in total.